The number of nitrogens with two attached hydrogens (primary N) is 1. The molecule has 2 nitrogen and oxygen atoms in total. The molecule has 0 aliphatic rings. The summed E-state index contributed by atoms with van der Waals surface area (Å²) < 4.78 is 13.4. The van der Waals surface area contributed by atoms with Gasteiger partial charge in [-0.3, -0.25) is 0 Å². The Hall–Kier alpha value is -0.640. The number of hydrogen-bond donors (Lipinski definition) is 1. The van der Waals surface area contributed by atoms with Crippen molar-refractivity contribution in [3.63, 3.8) is 0 Å². The van der Waals surface area contributed by atoms with Crippen molar-refractivity contribution in [2.45, 2.75) is 19.4 Å². The van der Waals surface area contributed by atoms with Gasteiger partial charge in [-0.05, 0) is 44.2 Å². The molecule has 0 saturated carbocycles. The zero-order valence-corrected chi connectivity index (χ0v) is 10.5. The molecule has 1 aromatic rings. The molecule has 1 atom stereocenters. The zero-order chi connectivity index (χ0) is 12.1. The highest BCUT2D eigenvalue weighted by Gasteiger charge is 2.09. The van der Waals surface area contributed by atoms with Crippen LogP contribution in [-0.2, 0) is 6.42 Å². The number of nitrogens with zero attached hydrogens (tertiary/aromatic N) is 1. The van der Waals surface area contributed by atoms with Crippen LogP contribution in [0.25, 0.3) is 0 Å². The van der Waals surface area contributed by atoms with E-state index in [1.165, 1.54) is 6.07 Å². The van der Waals surface area contributed by atoms with E-state index in [0.717, 1.165) is 6.54 Å². The van der Waals surface area contributed by atoms with E-state index in [-0.39, 0.29) is 5.82 Å². The molecular weight excluding hydrogens is 227 g/mol. The number of hydrogen-bond acceptors (Lipinski definition) is 2. The van der Waals surface area contributed by atoms with Gasteiger partial charge in [0.15, 0.2) is 0 Å². The highest BCUT2D eigenvalue weighted by molar-refractivity contribution is 6.30. The first-order valence-electron chi connectivity index (χ1n) is 5.39. The lowest BCUT2D eigenvalue weighted by Crippen LogP contribution is -2.36. The van der Waals surface area contributed by atoms with Crippen molar-refractivity contribution < 1.29 is 4.39 Å². The van der Waals surface area contributed by atoms with Crippen LogP contribution in [0.15, 0.2) is 18.2 Å². The molecule has 16 heavy (non-hydrogen) atoms. The molecule has 0 fully saturated rings. The van der Waals surface area contributed by atoms with Gasteiger partial charge in [0.2, 0.25) is 0 Å². The Bertz CT molecular complexity index is 344. The molecule has 2 N–H and O–H groups in total. The molecule has 0 aromatic heterocycles. The second kappa shape index (κ2) is 6.18. The molecule has 0 aliphatic heterocycles. The van der Waals surface area contributed by atoms with Crippen LogP contribution >= 0.6 is 11.6 Å². The Morgan fingerprint density at radius 3 is 2.81 bits per heavy atom. The van der Waals surface area contributed by atoms with E-state index in [1.807, 2.05) is 14.0 Å². The Labute approximate surface area is 101 Å². The van der Waals surface area contributed by atoms with E-state index in [9.17, 15) is 4.39 Å². The lowest BCUT2D eigenvalue weighted by atomic mass is 10.1. The molecular formula is C12H18ClFN2. The van der Waals surface area contributed by atoms with Gasteiger partial charge in [0, 0.05) is 24.2 Å². The van der Waals surface area contributed by atoms with Gasteiger partial charge < -0.3 is 10.6 Å². The van der Waals surface area contributed by atoms with Crippen LogP contribution in [0.3, 0.4) is 0 Å². The largest absolute Gasteiger partial charge is 0.329 e. The van der Waals surface area contributed by atoms with Crippen LogP contribution in [-0.4, -0.2) is 31.1 Å². The van der Waals surface area contributed by atoms with E-state index in [0.29, 0.717) is 29.6 Å². The molecule has 0 bridgehead atoms. The molecule has 1 aromatic carbocycles. The summed E-state index contributed by atoms with van der Waals surface area (Å²) in [5, 5.41) is 0.575. The average molecular weight is 245 g/mol. The minimum atomic E-state index is -0.196. The van der Waals surface area contributed by atoms with E-state index < -0.39 is 0 Å². The first kappa shape index (κ1) is 13.4. The maximum atomic E-state index is 13.4. The topological polar surface area (TPSA) is 29.3 Å². The standard InChI is InChI=1S/C12H18ClFN2/c1-9(8-15)16(2)6-5-10-7-11(13)3-4-12(10)14/h3-4,7,9H,5-6,8,15H2,1-2H3. The van der Waals surface area contributed by atoms with Crippen LogP contribution < -0.4 is 5.73 Å². The fourth-order valence-corrected chi connectivity index (χ4v) is 1.63. The van der Waals surface area contributed by atoms with Gasteiger partial charge in [0.05, 0.1) is 0 Å². The van der Waals surface area contributed by atoms with Crippen LogP contribution in [0.5, 0.6) is 0 Å². The van der Waals surface area contributed by atoms with Crippen molar-refractivity contribution in [2.24, 2.45) is 5.73 Å². The van der Waals surface area contributed by atoms with Crippen molar-refractivity contribution >= 4 is 11.6 Å². The van der Waals surface area contributed by atoms with E-state index in [2.05, 4.69) is 4.90 Å². The number of benzene rings is 1. The zero-order valence-electron chi connectivity index (χ0n) is 9.71. The minimum absolute atomic E-state index is 0.196. The molecule has 0 aliphatic carbocycles. The molecule has 0 heterocycles. The lowest BCUT2D eigenvalue weighted by molar-refractivity contribution is 0.265. The van der Waals surface area contributed by atoms with E-state index in [4.69, 9.17) is 17.3 Å². The molecule has 0 saturated heterocycles. The smallest absolute Gasteiger partial charge is 0.126 e. The third-order valence-corrected chi connectivity index (χ3v) is 3.07. The summed E-state index contributed by atoms with van der Waals surface area (Å²) in [6.07, 6.45) is 0.646. The van der Waals surface area contributed by atoms with Gasteiger partial charge in [-0.2, -0.15) is 0 Å². The quantitative estimate of drug-likeness (QED) is 0.861. The van der Waals surface area contributed by atoms with Crippen molar-refractivity contribution in [3.8, 4) is 0 Å². The number of likely N-dealkylation sites (N-methyl/N-ethyl adjacent to an activating group) is 1. The number of rotatable bonds is 5. The van der Waals surface area contributed by atoms with Gasteiger partial charge in [-0.1, -0.05) is 11.6 Å². The molecule has 90 valence electrons. The Balaban J connectivity index is 2.57. The fourth-order valence-electron chi connectivity index (χ4n) is 1.43. The highest BCUT2D eigenvalue weighted by atomic mass is 35.5. The third kappa shape index (κ3) is 3.74. The summed E-state index contributed by atoms with van der Waals surface area (Å²) in [5.74, 6) is -0.196. The van der Waals surface area contributed by atoms with Crippen LogP contribution in [0.1, 0.15) is 12.5 Å². The van der Waals surface area contributed by atoms with Crippen LogP contribution in [0, 0.1) is 5.82 Å². The molecule has 0 amide bonds. The first-order chi connectivity index (χ1) is 7.54. The minimum Gasteiger partial charge on any atom is -0.329 e. The first-order valence-corrected chi connectivity index (χ1v) is 5.76. The second-order valence-electron chi connectivity index (χ2n) is 4.05. The lowest BCUT2D eigenvalue weighted by Gasteiger charge is -2.23. The molecule has 4 heteroatoms. The molecule has 1 unspecified atom stereocenters. The summed E-state index contributed by atoms with van der Waals surface area (Å²) in [7, 11) is 1.99. The van der Waals surface area contributed by atoms with Crippen molar-refractivity contribution in [1.82, 2.24) is 4.90 Å². The van der Waals surface area contributed by atoms with Crippen molar-refractivity contribution in [2.75, 3.05) is 20.1 Å². The van der Waals surface area contributed by atoms with E-state index in [1.54, 1.807) is 12.1 Å². The van der Waals surface area contributed by atoms with Gasteiger partial charge in [-0.25, -0.2) is 4.39 Å². The molecule has 0 radical (unpaired) electrons. The van der Waals surface area contributed by atoms with Gasteiger partial charge in [-0.15, -0.1) is 0 Å². The molecule has 0 spiro atoms. The summed E-state index contributed by atoms with van der Waals surface area (Å²) in [4.78, 5) is 2.11. The van der Waals surface area contributed by atoms with Crippen molar-refractivity contribution in [1.29, 1.82) is 0 Å². The normalized spacial score (nSPS) is 13.1. The van der Waals surface area contributed by atoms with Gasteiger partial charge in [0.25, 0.3) is 0 Å². The molecule has 1 rings (SSSR count). The van der Waals surface area contributed by atoms with Crippen LogP contribution in [0.4, 0.5) is 4.39 Å². The predicted molar refractivity (Wildman–Crippen MR) is 66.3 cm³/mol. The van der Waals surface area contributed by atoms with E-state index >= 15 is 0 Å². The number of halogens is 2. The Kier molecular flexibility index (Phi) is 5.19. The maximum Gasteiger partial charge on any atom is 0.126 e. The maximum absolute atomic E-state index is 13.4. The third-order valence-electron chi connectivity index (χ3n) is 2.84. The van der Waals surface area contributed by atoms with Crippen molar-refractivity contribution in [3.05, 3.63) is 34.6 Å². The predicted octanol–water partition coefficient (Wildman–Crippen LogP) is 2.30. The highest BCUT2D eigenvalue weighted by Crippen LogP contribution is 2.15. The van der Waals surface area contributed by atoms with Crippen LogP contribution in [0.2, 0.25) is 5.02 Å². The monoisotopic (exact) mass is 244 g/mol. The summed E-state index contributed by atoms with van der Waals surface area (Å²) in [6, 6.07) is 4.95. The average Bonchev–Trinajstić information content (AvgIpc) is 2.28. The Morgan fingerprint density at radius 2 is 2.19 bits per heavy atom. The fraction of sp³-hybridized carbons (Fsp3) is 0.500. The van der Waals surface area contributed by atoms with Gasteiger partial charge >= 0.3 is 0 Å². The Morgan fingerprint density at radius 1 is 1.50 bits per heavy atom. The summed E-state index contributed by atoms with van der Waals surface area (Å²) >= 11 is 5.82. The summed E-state index contributed by atoms with van der Waals surface area (Å²) in [6.45, 7) is 3.43. The second-order valence-corrected chi connectivity index (χ2v) is 4.49. The van der Waals surface area contributed by atoms with Gasteiger partial charge in [0.1, 0.15) is 5.82 Å². The SMILES string of the molecule is CC(CN)N(C)CCc1cc(Cl)ccc1F. The summed E-state index contributed by atoms with van der Waals surface area (Å²) in [5.41, 5.74) is 6.22.